The quantitative estimate of drug-likeness (QED) is 0.657. The molecular formula is C12H14ClN3O2. The lowest BCUT2D eigenvalue weighted by Crippen LogP contribution is -2.09. The number of halogens is 1. The number of anilines is 1. The van der Waals surface area contributed by atoms with E-state index < -0.39 is 0 Å². The van der Waals surface area contributed by atoms with Gasteiger partial charge in [0.2, 0.25) is 0 Å². The summed E-state index contributed by atoms with van der Waals surface area (Å²) in [6, 6.07) is 5.33. The Morgan fingerprint density at radius 2 is 2.17 bits per heavy atom. The average Bonchev–Trinajstić information content (AvgIpc) is 2.38. The maximum absolute atomic E-state index is 6.18. The number of hydrogen-bond donors (Lipinski definition) is 2. The van der Waals surface area contributed by atoms with Gasteiger partial charge in [-0.25, -0.2) is 4.98 Å². The predicted molar refractivity (Wildman–Crippen MR) is 71.8 cm³/mol. The lowest BCUT2D eigenvalue weighted by atomic mass is 10.1. The first-order chi connectivity index (χ1) is 8.71. The molecule has 0 saturated heterocycles. The summed E-state index contributed by atoms with van der Waals surface area (Å²) < 4.78 is 10.4. The zero-order valence-electron chi connectivity index (χ0n) is 10.2. The summed E-state index contributed by atoms with van der Waals surface area (Å²) in [7, 11) is 3.19. The standard InChI is InChI=1S/C12H14ClN3O2/c1-17-6-7-5-9(16-14)11-8(13)3-4-10(18-2)12(11)15-7/h3-5H,6,14H2,1-2H3,(H,15,16). The van der Waals surface area contributed by atoms with Crippen LogP contribution in [-0.2, 0) is 11.3 Å². The molecule has 0 aliphatic rings. The molecule has 1 aromatic heterocycles. The largest absolute Gasteiger partial charge is 0.494 e. The molecule has 0 saturated carbocycles. The topological polar surface area (TPSA) is 69.4 Å². The third kappa shape index (κ3) is 2.20. The summed E-state index contributed by atoms with van der Waals surface area (Å²) in [6.07, 6.45) is 0. The van der Waals surface area contributed by atoms with Crippen LogP contribution in [0.2, 0.25) is 5.02 Å². The Kier molecular flexibility index (Phi) is 3.86. The van der Waals surface area contributed by atoms with Crippen LogP contribution in [0.4, 0.5) is 5.69 Å². The van der Waals surface area contributed by atoms with Crippen molar-refractivity contribution in [2.24, 2.45) is 5.84 Å². The second-order valence-corrected chi connectivity index (χ2v) is 4.12. The fourth-order valence-corrected chi connectivity index (χ4v) is 2.08. The minimum Gasteiger partial charge on any atom is -0.494 e. The van der Waals surface area contributed by atoms with E-state index in [9.17, 15) is 0 Å². The van der Waals surface area contributed by atoms with Gasteiger partial charge in [-0.2, -0.15) is 0 Å². The number of hydrogen-bond acceptors (Lipinski definition) is 5. The second-order valence-electron chi connectivity index (χ2n) is 3.71. The molecule has 3 N–H and O–H groups in total. The third-order valence-corrected chi connectivity index (χ3v) is 2.91. The van der Waals surface area contributed by atoms with E-state index in [0.717, 1.165) is 11.1 Å². The summed E-state index contributed by atoms with van der Waals surface area (Å²) in [4.78, 5) is 4.48. The molecule has 18 heavy (non-hydrogen) atoms. The molecule has 6 heteroatoms. The molecule has 1 aromatic carbocycles. The molecule has 0 aliphatic carbocycles. The highest BCUT2D eigenvalue weighted by atomic mass is 35.5. The Labute approximate surface area is 110 Å². The van der Waals surface area contributed by atoms with E-state index in [1.807, 2.05) is 0 Å². The number of hydrazine groups is 1. The van der Waals surface area contributed by atoms with E-state index in [0.29, 0.717) is 28.6 Å². The number of nitrogens with zero attached hydrogens (tertiary/aromatic N) is 1. The fourth-order valence-electron chi connectivity index (χ4n) is 1.83. The molecule has 2 rings (SSSR count). The van der Waals surface area contributed by atoms with Crippen molar-refractivity contribution in [3.63, 3.8) is 0 Å². The van der Waals surface area contributed by atoms with Gasteiger partial charge in [-0.05, 0) is 18.2 Å². The number of ether oxygens (including phenoxy) is 2. The summed E-state index contributed by atoms with van der Waals surface area (Å²) in [5.41, 5.74) is 4.72. The highest BCUT2D eigenvalue weighted by molar-refractivity contribution is 6.36. The van der Waals surface area contributed by atoms with E-state index in [1.165, 1.54) is 0 Å². The maximum Gasteiger partial charge on any atom is 0.145 e. The second kappa shape index (κ2) is 5.39. The average molecular weight is 268 g/mol. The summed E-state index contributed by atoms with van der Waals surface area (Å²) in [5, 5.41) is 1.30. The molecule has 0 unspecified atom stereocenters. The molecule has 1 heterocycles. The minimum absolute atomic E-state index is 0.389. The van der Waals surface area contributed by atoms with Crippen LogP contribution in [0, 0.1) is 0 Å². The molecule has 0 fully saturated rings. The zero-order chi connectivity index (χ0) is 13.1. The Bertz CT molecular complexity index is 575. The molecule has 0 spiro atoms. The van der Waals surface area contributed by atoms with E-state index in [4.69, 9.17) is 26.9 Å². The van der Waals surface area contributed by atoms with E-state index >= 15 is 0 Å². The molecule has 0 bridgehead atoms. The van der Waals surface area contributed by atoms with E-state index in [-0.39, 0.29) is 0 Å². The van der Waals surface area contributed by atoms with Crippen molar-refractivity contribution in [1.82, 2.24) is 4.98 Å². The monoisotopic (exact) mass is 267 g/mol. The van der Waals surface area contributed by atoms with Crippen LogP contribution in [0.25, 0.3) is 10.9 Å². The Morgan fingerprint density at radius 1 is 1.39 bits per heavy atom. The lowest BCUT2D eigenvalue weighted by Gasteiger charge is -2.12. The normalized spacial score (nSPS) is 10.7. The fraction of sp³-hybridized carbons (Fsp3) is 0.250. The molecule has 0 radical (unpaired) electrons. The molecule has 0 atom stereocenters. The highest BCUT2D eigenvalue weighted by Crippen LogP contribution is 2.35. The van der Waals surface area contributed by atoms with Crippen LogP contribution in [0.15, 0.2) is 18.2 Å². The van der Waals surface area contributed by atoms with Crippen LogP contribution >= 0.6 is 11.6 Å². The van der Waals surface area contributed by atoms with Crippen molar-refractivity contribution in [3.8, 4) is 5.75 Å². The Hall–Kier alpha value is -1.56. The van der Waals surface area contributed by atoms with Gasteiger partial charge in [0.1, 0.15) is 11.3 Å². The van der Waals surface area contributed by atoms with Gasteiger partial charge in [0.25, 0.3) is 0 Å². The van der Waals surface area contributed by atoms with Crippen LogP contribution in [0.5, 0.6) is 5.75 Å². The third-order valence-electron chi connectivity index (χ3n) is 2.59. The molecule has 96 valence electrons. The number of nitrogen functional groups attached to an aromatic ring is 1. The summed E-state index contributed by atoms with van der Waals surface area (Å²) in [6.45, 7) is 0.389. The number of fused-ring (bicyclic) bond motifs is 1. The van der Waals surface area contributed by atoms with E-state index in [1.54, 1.807) is 32.4 Å². The van der Waals surface area contributed by atoms with Crippen LogP contribution < -0.4 is 16.0 Å². The number of aromatic nitrogens is 1. The molecular weight excluding hydrogens is 254 g/mol. The van der Waals surface area contributed by atoms with Gasteiger partial charge in [0.15, 0.2) is 0 Å². The zero-order valence-corrected chi connectivity index (χ0v) is 10.9. The van der Waals surface area contributed by atoms with E-state index in [2.05, 4.69) is 10.4 Å². The SMILES string of the molecule is COCc1cc(NN)c2c(Cl)ccc(OC)c2n1. The first-order valence-corrected chi connectivity index (χ1v) is 5.70. The number of pyridine rings is 1. The smallest absolute Gasteiger partial charge is 0.145 e. The van der Waals surface area contributed by atoms with Crippen molar-refractivity contribution in [2.75, 3.05) is 19.6 Å². The predicted octanol–water partition coefficient (Wildman–Crippen LogP) is 2.33. The van der Waals surface area contributed by atoms with Crippen molar-refractivity contribution >= 4 is 28.2 Å². The van der Waals surface area contributed by atoms with Crippen LogP contribution in [0.3, 0.4) is 0 Å². The van der Waals surface area contributed by atoms with Gasteiger partial charge in [-0.15, -0.1) is 0 Å². The number of nitrogens with two attached hydrogens (primary N) is 1. The minimum atomic E-state index is 0.389. The van der Waals surface area contributed by atoms with Gasteiger partial charge < -0.3 is 14.9 Å². The van der Waals surface area contributed by atoms with Gasteiger partial charge in [-0.3, -0.25) is 5.84 Å². The number of methoxy groups -OCH3 is 2. The van der Waals surface area contributed by atoms with Crippen molar-refractivity contribution < 1.29 is 9.47 Å². The maximum atomic E-state index is 6.18. The molecule has 0 aliphatic heterocycles. The lowest BCUT2D eigenvalue weighted by molar-refractivity contribution is 0.182. The van der Waals surface area contributed by atoms with Gasteiger partial charge in [0.05, 0.1) is 30.1 Å². The molecule has 5 nitrogen and oxygen atoms in total. The van der Waals surface area contributed by atoms with Gasteiger partial charge in [-0.1, -0.05) is 11.6 Å². The van der Waals surface area contributed by atoms with Gasteiger partial charge >= 0.3 is 0 Å². The van der Waals surface area contributed by atoms with Crippen LogP contribution in [0.1, 0.15) is 5.69 Å². The highest BCUT2D eigenvalue weighted by Gasteiger charge is 2.12. The Balaban J connectivity index is 2.77. The number of rotatable bonds is 4. The first kappa shape index (κ1) is 12.9. The van der Waals surface area contributed by atoms with Crippen LogP contribution in [-0.4, -0.2) is 19.2 Å². The number of benzene rings is 1. The molecule has 0 amide bonds. The summed E-state index contributed by atoms with van der Waals surface area (Å²) >= 11 is 6.18. The van der Waals surface area contributed by atoms with Crippen molar-refractivity contribution in [1.29, 1.82) is 0 Å². The number of nitrogens with one attached hydrogen (secondary N) is 1. The Morgan fingerprint density at radius 3 is 2.78 bits per heavy atom. The molecule has 2 aromatic rings. The first-order valence-electron chi connectivity index (χ1n) is 5.33. The van der Waals surface area contributed by atoms with Gasteiger partial charge in [0, 0.05) is 12.5 Å². The summed E-state index contributed by atoms with van der Waals surface area (Å²) in [5.74, 6) is 6.17. The van der Waals surface area contributed by atoms with Crippen molar-refractivity contribution in [2.45, 2.75) is 6.61 Å². The van der Waals surface area contributed by atoms with Crippen molar-refractivity contribution in [3.05, 3.63) is 28.9 Å².